The Bertz CT molecular complexity index is 667. The molecule has 0 saturated heterocycles. The van der Waals surface area contributed by atoms with Crippen LogP contribution in [-0.4, -0.2) is 38.6 Å². The fraction of sp³-hybridized carbons (Fsp3) is 0.316. The van der Waals surface area contributed by atoms with E-state index in [0.717, 1.165) is 24.3 Å². The Hall–Kier alpha value is -2.69. The van der Waals surface area contributed by atoms with Crippen LogP contribution in [0.25, 0.3) is 0 Å². The van der Waals surface area contributed by atoms with Crippen molar-refractivity contribution in [1.29, 1.82) is 0 Å². The van der Waals surface area contributed by atoms with Crippen LogP contribution < -0.4 is 14.4 Å². The number of phenols is 1. The molecule has 0 aromatic heterocycles. The van der Waals surface area contributed by atoms with Gasteiger partial charge in [-0.1, -0.05) is 0 Å². The number of rotatable bonds is 7. The van der Waals surface area contributed by atoms with Gasteiger partial charge in [-0.05, 0) is 50.2 Å². The number of anilines is 1. The highest BCUT2D eigenvalue weighted by Crippen LogP contribution is 2.36. The summed E-state index contributed by atoms with van der Waals surface area (Å²) in [5.74, 6) is 0.695. The molecule has 0 amide bonds. The van der Waals surface area contributed by atoms with E-state index in [9.17, 15) is 5.11 Å². The smallest absolute Gasteiger partial charge is 0.200 e. The van der Waals surface area contributed by atoms with Crippen molar-refractivity contribution >= 4 is 17.6 Å². The maximum absolute atomic E-state index is 9.93. The molecule has 2 rings (SSSR count). The molecule has 0 spiro atoms. The third-order valence-corrected chi connectivity index (χ3v) is 3.84. The van der Waals surface area contributed by atoms with Crippen LogP contribution in [0.5, 0.6) is 17.2 Å². The minimum Gasteiger partial charge on any atom is -0.502 e. The van der Waals surface area contributed by atoms with E-state index in [0.29, 0.717) is 11.5 Å². The lowest BCUT2D eigenvalue weighted by molar-refractivity contribution is 0.340. The SMILES string of the molecule is CCN(CC)c1ccc(N=Cc2cc(OC)c(O)c(OC)c2)cc1. The Kier molecular flexibility index (Phi) is 6.07. The summed E-state index contributed by atoms with van der Waals surface area (Å²) < 4.78 is 10.3. The van der Waals surface area contributed by atoms with Gasteiger partial charge in [0.25, 0.3) is 0 Å². The highest BCUT2D eigenvalue weighted by atomic mass is 16.5. The molecular weight excluding hydrogens is 304 g/mol. The van der Waals surface area contributed by atoms with Crippen LogP contribution in [0.2, 0.25) is 0 Å². The van der Waals surface area contributed by atoms with E-state index < -0.39 is 0 Å². The van der Waals surface area contributed by atoms with Gasteiger partial charge in [0.2, 0.25) is 5.75 Å². The molecule has 0 unspecified atom stereocenters. The minimum atomic E-state index is -0.0132. The van der Waals surface area contributed by atoms with Crippen molar-refractivity contribution in [2.24, 2.45) is 4.99 Å². The van der Waals surface area contributed by atoms with E-state index in [1.165, 1.54) is 19.9 Å². The van der Waals surface area contributed by atoms with Crippen LogP contribution in [0, 0.1) is 0 Å². The van der Waals surface area contributed by atoms with E-state index in [4.69, 9.17) is 9.47 Å². The molecule has 5 heteroatoms. The number of phenolic OH excluding ortho intramolecular Hbond substituents is 1. The number of aliphatic imine (C=N–C) groups is 1. The van der Waals surface area contributed by atoms with Crippen molar-refractivity contribution in [3.63, 3.8) is 0 Å². The van der Waals surface area contributed by atoms with Crippen molar-refractivity contribution in [3.05, 3.63) is 42.0 Å². The van der Waals surface area contributed by atoms with Crippen LogP contribution >= 0.6 is 0 Å². The Morgan fingerprint density at radius 3 is 2.00 bits per heavy atom. The van der Waals surface area contributed by atoms with Crippen LogP contribution in [0.3, 0.4) is 0 Å². The topological polar surface area (TPSA) is 54.3 Å². The molecule has 0 aliphatic rings. The number of nitrogens with zero attached hydrogens (tertiary/aromatic N) is 2. The highest BCUT2D eigenvalue weighted by Gasteiger charge is 2.10. The second-order valence-electron chi connectivity index (χ2n) is 5.22. The number of aromatic hydroxyl groups is 1. The lowest BCUT2D eigenvalue weighted by atomic mass is 10.2. The van der Waals surface area contributed by atoms with Crippen molar-refractivity contribution < 1.29 is 14.6 Å². The number of hydrogen-bond acceptors (Lipinski definition) is 5. The number of ether oxygens (including phenoxy) is 2. The maximum Gasteiger partial charge on any atom is 0.200 e. The van der Waals surface area contributed by atoms with Crippen LogP contribution in [-0.2, 0) is 0 Å². The van der Waals surface area contributed by atoms with Gasteiger partial charge in [-0.25, -0.2) is 0 Å². The summed E-state index contributed by atoms with van der Waals surface area (Å²) in [6.45, 7) is 6.24. The molecular formula is C19H24N2O3. The molecule has 0 heterocycles. The van der Waals surface area contributed by atoms with Crippen LogP contribution in [0.15, 0.2) is 41.4 Å². The summed E-state index contributed by atoms with van der Waals surface area (Å²) in [7, 11) is 3.00. The molecule has 128 valence electrons. The summed E-state index contributed by atoms with van der Waals surface area (Å²) in [6.07, 6.45) is 1.72. The molecule has 0 saturated carbocycles. The van der Waals surface area contributed by atoms with Gasteiger partial charge in [-0.3, -0.25) is 4.99 Å². The molecule has 0 aliphatic carbocycles. The number of methoxy groups -OCH3 is 2. The second-order valence-corrected chi connectivity index (χ2v) is 5.22. The quantitative estimate of drug-likeness (QED) is 0.780. The average molecular weight is 328 g/mol. The second kappa shape index (κ2) is 8.24. The van der Waals surface area contributed by atoms with Gasteiger partial charge in [0.05, 0.1) is 19.9 Å². The molecule has 0 aliphatic heterocycles. The van der Waals surface area contributed by atoms with E-state index in [1.54, 1.807) is 18.3 Å². The van der Waals surface area contributed by atoms with Gasteiger partial charge in [-0.2, -0.15) is 0 Å². The summed E-state index contributed by atoms with van der Waals surface area (Å²) >= 11 is 0. The first-order valence-electron chi connectivity index (χ1n) is 7.97. The van der Waals surface area contributed by atoms with E-state index in [1.807, 2.05) is 12.1 Å². The molecule has 0 fully saturated rings. The lowest BCUT2D eigenvalue weighted by Crippen LogP contribution is -2.21. The third kappa shape index (κ3) is 3.98. The Morgan fingerprint density at radius 1 is 1.00 bits per heavy atom. The normalized spacial score (nSPS) is 10.8. The van der Waals surface area contributed by atoms with E-state index in [-0.39, 0.29) is 5.75 Å². The third-order valence-electron chi connectivity index (χ3n) is 3.84. The standard InChI is InChI=1S/C19H24N2O3/c1-5-21(6-2)16-9-7-15(8-10-16)20-13-14-11-17(23-3)19(22)18(12-14)24-4/h7-13,22H,5-6H2,1-4H3. The van der Waals surface area contributed by atoms with Crippen molar-refractivity contribution in [2.45, 2.75) is 13.8 Å². The van der Waals surface area contributed by atoms with Gasteiger partial charge in [-0.15, -0.1) is 0 Å². The lowest BCUT2D eigenvalue weighted by Gasteiger charge is -2.20. The summed E-state index contributed by atoms with van der Waals surface area (Å²) in [6, 6.07) is 11.5. The van der Waals surface area contributed by atoms with Gasteiger partial charge in [0.1, 0.15) is 0 Å². The summed E-state index contributed by atoms with van der Waals surface area (Å²) in [4.78, 5) is 6.75. The fourth-order valence-electron chi connectivity index (χ4n) is 2.48. The molecule has 0 bridgehead atoms. The van der Waals surface area contributed by atoms with E-state index in [2.05, 4.69) is 35.9 Å². The Morgan fingerprint density at radius 2 is 1.54 bits per heavy atom. The van der Waals surface area contributed by atoms with Crippen molar-refractivity contribution in [1.82, 2.24) is 0 Å². The number of hydrogen-bond donors (Lipinski definition) is 1. The predicted octanol–water partition coefficient (Wildman–Crippen LogP) is 4.01. The number of benzene rings is 2. The fourth-order valence-corrected chi connectivity index (χ4v) is 2.48. The van der Waals surface area contributed by atoms with Gasteiger partial charge in [0.15, 0.2) is 11.5 Å². The monoisotopic (exact) mass is 328 g/mol. The zero-order valence-corrected chi connectivity index (χ0v) is 14.6. The minimum absolute atomic E-state index is 0.0132. The maximum atomic E-state index is 9.93. The van der Waals surface area contributed by atoms with Crippen molar-refractivity contribution in [3.8, 4) is 17.2 Å². The first-order chi connectivity index (χ1) is 11.6. The largest absolute Gasteiger partial charge is 0.502 e. The summed E-state index contributed by atoms with van der Waals surface area (Å²) in [5.41, 5.74) is 2.83. The van der Waals surface area contributed by atoms with E-state index >= 15 is 0 Å². The zero-order chi connectivity index (χ0) is 17.5. The molecule has 0 radical (unpaired) electrons. The van der Waals surface area contributed by atoms with Gasteiger partial charge < -0.3 is 19.5 Å². The van der Waals surface area contributed by atoms with Crippen LogP contribution in [0.4, 0.5) is 11.4 Å². The molecule has 2 aromatic rings. The first-order valence-corrected chi connectivity index (χ1v) is 7.97. The zero-order valence-electron chi connectivity index (χ0n) is 14.6. The van der Waals surface area contributed by atoms with Crippen molar-refractivity contribution in [2.75, 3.05) is 32.2 Å². The average Bonchev–Trinajstić information content (AvgIpc) is 2.62. The van der Waals surface area contributed by atoms with Gasteiger partial charge in [0, 0.05) is 30.6 Å². The predicted molar refractivity (Wildman–Crippen MR) is 98.5 cm³/mol. The molecule has 24 heavy (non-hydrogen) atoms. The molecule has 2 aromatic carbocycles. The Labute approximate surface area is 143 Å². The molecule has 1 N–H and O–H groups in total. The Balaban J connectivity index is 2.21. The molecule has 0 atom stereocenters. The summed E-state index contributed by atoms with van der Waals surface area (Å²) in [5, 5.41) is 9.93. The van der Waals surface area contributed by atoms with Crippen LogP contribution in [0.1, 0.15) is 19.4 Å². The highest BCUT2D eigenvalue weighted by molar-refractivity contribution is 5.84. The molecule has 5 nitrogen and oxygen atoms in total. The first kappa shape index (κ1) is 17.7. The van der Waals surface area contributed by atoms with Gasteiger partial charge >= 0.3 is 0 Å².